The number of carbonyl (C=O) groups excluding carboxylic acids is 3. The van der Waals surface area contributed by atoms with Crippen molar-refractivity contribution in [3.05, 3.63) is 72.0 Å². The Balaban J connectivity index is 1.18. The molecule has 3 amide bonds. The molecule has 0 spiro atoms. The number of hydrogen-bond donors (Lipinski definition) is 5. The fourth-order valence-electron chi connectivity index (χ4n) is 4.22. The summed E-state index contributed by atoms with van der Waals surface area (Å²) in [6.07, 6.45) is 6.75. The molecule has 0 bridgehead atoms. The second-order valence-electron chi connectivity index (χ2n) is 10.3. The van der Waals surface area contributed by atoms with Crippen molar-refractivity contribution < 1.29 is 28.3 Å². The third-order valence-electron chi connectivity index (χ3n) is 6.77. The molecule has 45 heavy (non-hydrogen) atoms. The van der Waals surface area contributed by atoms with E-state index in [1.807, 2.05) is 0 Å². The maximum absolute atomic E-state index is 13.0. The Kier molecular flexibility index (Phi) is 10.5. The number of nitrogens with zero attached hydrogens (tertiary/aromatic N) is 4. The first-order valence-electron chi connectivity index (χ1n) is 14.5. The summed E-state index contributed by atoms with van der Waals surface area (Å²) in [6.45, 7) is 3.31. The fourth-order valence-corrected chi connectivity index (χ4v) is 4.22. The minimum absolute atomic E-state index is 0.00170. The lowest BCUT2D eigenvalue weighted by Crippen LogP contribution is -2.27. The lowest BCUT2D eigenvalue weighted by molar-refractivity contribution is 0.0511. The smallest absolute Gasteiger partial charge is 0.277 e. The number of nitrogens with two attached hydrogens (primary N) is 2. The topological polar surface area (TPSA) is 215 Å². The molecule has 15 heteroatoms. The highest BCUT2D eigenvalue weighted by Gasteiger charge is 2.22. The maximum atomic E-state index is 13.0. The van der Waals surface area contributed by atoms with E-state index in [0.29, 0.717) is 68.1 Å². The zero-order valence-corrected chi connectivity index (χ0v) is 24.5. The molecule has 15 nitrogen and oxygen atoms in total. The first kappa shape index (κ1) is 31.3. The van der Waals surface area contributed by atoms with Gasteiger partial charge < -0.3 is 41.3 Å². The van der Waals surface area contributed by atoms with Gasteiger partial charge in [0.1, 0.15) is 12.1 Å². The van der Waals surface area contributed by atoms with Crippen LogP contribution in [0.4, 0.5) is 11.5 Å². The van der Waals surface area contributed by atoms with Crippen LogP contribution >= 0.6 is 0 Å². The van der Waals surface area contributed by atoms with Gasteiger partial charge in [-0.05, 0) is 55.2 Å². The SMILES string of the molecule is NCCOCCOCCNC(=O)c1ccc(-n2cc(NC(=O)c3coc(-c4ccnc(NCC5CC5)c4)n3)c(C(N)=O)n2)cc1. The van der Waals surface area contributed by atoms with Gasteiger partial charge in [-0.15, -0.1) is 0 Å². The number of hydrogen-bond acceptors (Lipinski definition) is 11. The third-order valence-corrected chi connectivity index (χ3v) is 6.77. The first-order chi connectivity index (χ1) is 21.9. The standard InChI is InChI=1S/C30H35N9O6/c31-8-11-43-13-14-44-12-10-34-28(41)20-3-5-22(6-4-20)39-17-23(26(38-39)27(32)40)36-29(42)24-18-45-30(37-24)21-7-9-33-25(15-21)35-16-19-1-2-19/h3-7,9,15,17-19H,1-2,8,10-14,16,31H2,(H2,32,40)(H,33,35)(H,34,41)(H,36,42). The number of benzene rings is 1. The van der Waals surface area contributed by atoms with E-state index in [1.54, 1.807) is 42.6 Å². The average Bonchev–Trinajstić information content (AvgIpc) is 3.57. The molecule has 0 radical (unpaired) electrons. The van der Waals surface area contributed by atoms with E-state index in [1.165, 1.54) is 30.0 Å². The number of nitrogens with one attached hydrogen (secondary N) is 3. The predicted molar refractivity (Wildman–Crippen MR) is 164 cm³/mol. The van der Waals surface area contributed by atoms with Gasteiger partial charge in [0.05, 0.1) is 44.0 Å². The van der Waals surface area contributed by atoms with Gasteiger partial charge in [0, 0.05) is 37.0 Å². The summed E-state index contributed by atoms with van der Waals surface area (Å²) >= 11 is 0. The van der Waals surface area contributed by atoms with Gasteiger partial charge in [-0.2, -0.15) is 5.10 Å². The summed E-state index contributed by atoms with van der Waals surface area (Å²) in [5.74, 6) is -0.110. The molecule has 3 aromatic heterocycles. The molecule has 0 aliphatic heterocycles. The Morgan fingerprint density at radius 1 is 1.02 bits per heavy atom. The summed E-state index contributed by atoms with van der Waals surface area (Å²) in [5.41, 5.74) is 12.4. The van der Waals surface area contributed by atoms with Gasteiger partial charge in [-0.3, -0.25) is 14.4 Å². The second kappa shape index (κ2) is 15.1. The van der Waals surface area contributed by atoms with Crippen molar-refractivity contribution in [1.29, 1.82) is 0 Å². The van der Waals surface area contributed by atoms with Crippen molar-refractivity contribution >= 4 is 29.2 Å². The molecule has 7 N–H and O–H groups in total. The Morgan fingerprint density at radius 3 is 2.53 bits per heavy atom. The lowest BCUT2D eigenvalue weighted by atomic mass is 10.2. The van der Waals surface area contributed by atoms with E-state index in [-0.39, 0.29) is 28.9 Å². The number of pyridine rings is 1. The Hall–Kier alpha value is -5.12. The van der Waals surface area contributed by atoms with Crippen LogP contribution in [0.15, 0.2) is 59.5 Å². The van der Waals surface area contributed by atoms with Gasteiger partial charge in [0.2, 0.25) is 5.89 Å². The van der Waals surface area contributed by atoms with Crippen molar-refractivity contribution in [3.8, 4) is 17.1 Å². The molecule has 1 fully saturated rings. The predicted octanol–water partition coefficient (Wildman–Crippen LogP) is 1.82. The number of anilines is 2. The first-order valence-corrected chi connectivity index (χ1v) is 14.5. The van der Waals surface area contributed by atoms with Crippen LogP contribution in [0, 0.1) is 5.92 Å². The molecule has 0 atom stereocenters. The highest BCUT2D eigenvalue weighted by molar-refractivity contribution is 6.07. The highest BCUT2D eigenvalue weighted by Crippen LogP contribution is 2.29. The summed E-state index contributed by atoms with van der Waals surface area (Å²) in [6, 6.07) is 10.1. The average molecular weight is 618 g/mol. The van der Waals surface area contributed by atoms with Crippen molar-refractivity contribution in [1.82, 2.24) is 25.1 Å². The molecule has 1 aliphatic carbocycles. The lowest BCUT2D eigenvalue weighted by Gasteiger charge is -2.08. The molecule has 1 aliphatic rings. The number of primary amides is 1. The maximum Gasteiger partial charge on any atom is 0.277 e. The van der Waals surface area contributed by atoms with Crippen LogP contribution in [0.25, 0.3) is 17.1 Å². The molecule has 1 saturated carbocycles. The van der Waals surface area contributed by atoms with Crippen LogP contribution < -0.4 is 27.4 Å². The largest absolute Gasteiger partial charge is 0.444 e. The molecule has 1 aromatic carbocycles. The monoisotopic (exact) mass is 617 g/mol. The molecule has 0 saturated heterocycles. The molecule has 0 unspecified atom stereocenters. The van der Waals surface area contributed by atoms with Crippen molar-refractivity contribution in [2.75, 3.05) is 56.7 Å². The molecule has 5 rings (SSSR count). The Morgan fingerprint density at radius 2 is 1.80 bits per heavy atom. The number of oxazole rings is 1. The van der Waals surface area contributed by atoms with E-state index in [2.05, 4.69) is 31.0 Å². The zero-order valence-electron chi connectivity index (χ0n) is 24.5. The minimum atomic E-state index is -0.836. The van der Waals surface area contributed by atoms with Crippen molar-refractivity contribution in [3.63, 3.8) is 0 Å². The van der Waals surface area contributed by atoms with Crippen molar-refractivity contribution in [2.24, 2.45) is 17.4 Å². The minimum Gasteiger partial charge on any atom is -0.444 e. The normalized spacial score (nSPS) is 12.6. The third kappa shape index (κ3) is 8.72. The van der Waals surface area contributed by atoms with Crippen LogP contribution in [0.3, 0.4) is 0 Å². The van der Waals surface area contributed by atoms with Crippen LogP contribution in [0.2, 0.25) is 0 Å². The summed E-state index contributed by atoms with van der Waals surface area (Å²) < 4.78 is 17.5. The van der Waals surface area contributed by atoms with Gasteiger partial charge >= 0.3 is 0 Å². The van der Waals surface area contributed by atoms with E-state index in [0.717, 1.165) is 6.54 Å². The van der Waals surface area contributed by atoms with E-state index in [9.17, 15) is 14.4 Å². The Bertz CT molecular complexity index is 1610. The highest BCUT2D eigenvalue weighted by atomic mass is 16.5. The fraction of sp³-hybridized carbons (Fsp3) is 0.333. The Labute approximate surface area is 258 Å². The number of rotatable bonds is 17. The van der Waals surface area contributed by atoms with Crippen LogP contribution in [-0.2, 0) is 9.47 Å². The number of ether oxygens (including phenoxy) is 2. The molecule has 3 heterocycles. The van der Waals surface area contributed by atoms with E-state index >= 15 is 0 Å². The van der Waals surface area contributed by atoms with Crippen LogP contribution in [0.1, 0.15) is 44.2 Å². The number of aromatic nitrogens is 4. The zero-order chi connectivity index (χ0) is 31.6. The van der Waals surface area contributed by atoms with Gasteiger partial charge in [0.25, 0.3) is 17.7 Å². The number of amides is 3. The molecular weight excluding hydrogens is 582 g/mol. The van der Waals surface area contributed by atoms with Crippen LogP contribution in [-0.4, -0.2) is 83.5 Å². The van der Waals surface area contributed by atoms with Gasteiger partial charge in [-0.1, -0.05) is 0 Å². The van der Waals surface area contributed by atoms with Crippen LogP contribution in [0.5, 0.6) is 0 Å². The van der Waals surface area contributed by atoms with Crippen molar-refractivity contribution in [2.45, 2.75) is 12.8 Å². The molecular formula is C30H35N9O6. The summed E-state index contributed by atoms with van der Waals surface area (Å²) in [5, 5.41) is 12.9. The van der Waals surface area contributed by atoms with E-state index < -0.39 is 11.8 Å². The van der Waals surface area contributed by atoms with Gasteiger partial charge in [-0.25, -0.2) is 14.6 Å². The molecule has 4 aromatic rings. The summed E-state index contributed by atoms with van der Waals surface area (Å²) in [7, 11) is 0. The molecule has 236 valence electrons. The summed E-state index contributed by atoms with van der Waals surface area (Å²) in [4.78, 5) is 46.3. The van der Waals surface area contributed by atoms with E-state index in [4.69, 9.17) is 25.4 Å². The van der Waals surface area contributed by atoms with Gasteiger partial charge in [0.15, 0.2) is 11.4 Å². The quantitative estimate of drug-likeness (QED) is 0.108. The number of carbonyl (C=O) groups is 3. The second-order valence-corrected chi connectivity index (χ2v) is 10.3.